The highest BCUT2D eigenvalue weighted by atomic mass is 32.2. The SMILES string of the molecule is CCSC1CC1(F)F. The summed E-state index contributed by atoms with van der Waals surface area (Å²) in [4.78, 5) is 0. The predicted octanol–water partition coefficient (Wildman–Crippen LogP) is 2.15. The van der Waals surface area contributed by atoms with E-state index in [0.717, 1.165) is 5.75 Å². The summed E-state index contributed by atoms with van der Waals surface area (Å²) in [5.74, 6) is -1.51. The second kappa shape index (κ2) is 1.87. The van der Waals surface area contributed by atoms with Crippen molar-refractivity contribution < 1.29 is 8.78 Å². The van der Waals surface area contributed by atoms with E-state index in [1.807, 2.05) is 6.92 Å². The summed E-state index contributed by atoms with van der Waals surface area (Å²) in [6.45, 7) is 1.90. The molecule has 1 fully saturated rings. The first-order chi connectivity index (χ1) is 3.67. The largest absolute Gasteiger partial charge is 0.261 e. The van der Waals surface area contributed by atoms with Gasteiger partial charge in [-0.1, -0.05) is 6.92 Å². The van der Waals surface area contributed by atoms with Crippen molar-refractivity contribution in [2.75, 3.05) is 5.75 Å². The molecule has 1 aliphatic carbocycles. The zero-order valence-corrected chi connectivity index (χ0v) is 5.47. The lowest BCUT2D eigenvalue weighted by atomic mass is 10.8. The molecule has 1 saturated carbocycles. The second-order valence-corrected chi connectivity index (χ2v) is 3.39. The lowest BCUT2D eigenvalue weighted by molar-refractivity contribution is 0.122. The molecule has 0 saturated heterocycles. The van der Waals surface area contributed by atoms with E-state index in [0.29, 0.717) is 0 Å². The van der Waals surface area contributed by atoms with E-state index in [-0.39, 0.29) is 11.7 Å². The molecule has 0 radical (unpaired) electrons. The van der Waals surface area contributed by atoms with Crippen LogP contribution in [0.25, 0.3) is 0 Å². The summed E-state index contributed by atoms with van der Waals surface area (Å²) < 4.78 is 23.9. The van der Waals surface area contributed by atoms with E-state index in [9.17, 15) is 8.78 Å². The van der Waals surface area contributed by atoms with Crippen LogP contribution in [0.15, 0.2) is 0 Å². The molecule has 48 valence electrons. The van der Waals surface area contributed by atoms with Crippen LogP contribution >= 0.6 is 11.8 Å². The maximum Gasteiger partial charge on any atom is 0.261 e. The number of hydrogen-bond acceptors (Lipinski definition) is 1. The van der Waals surface area contributed by atoms with Gasteiger partial charge in [0, 0.05) is 6.42 Å². The summed E-state index contributed by atoms with van der Waals surface area (Å²) in [7, 11) is 0. The minimum absolute atomic E-state index is 0.103. The van der Waals surface area contributed by atoms with Crippen molar-refractivity contribution in [1.29, 1.82) is 0 Å². The van der Waals surface area contributed by atoms with E-state index < -0.39 is 5.92 Å². The zero-order chi connectivity index (χ0) is 6.20. The van der Waals surface area contributed by atoms with E-state index in [1.165, 1.54) is 11.8 Å². The molecule has 3 heteroatoms. The molecule has 1 atom stereocenters. The highest BCUT2D eigenvalue weighted by molar-refractivity contribution is 8.00. The Morgan fingerprint density at radius 2 is 2.25 bits per heavy atom. The monoisotopic (exact) mass is 138 g/mol. The van der Waals surface area contributed by atoms with Gasteiger partial charge in [-0.2, -0.15) is 11.8 Å². The molecule has 0 aromatic rings. The van der Waals surface area contributed by atoms with E-state index in [1.54, 1.807) is 0 Å². The standard InChI is InChI=1S/C5H8F2S/c1-2-8-4-3-5(4,6)7/h4H,2-3H2,1H3. The van der Waals surface area contributed by atoms with Gasteiger partial charge in [-0.15, -0.1) is 0 Å². The highest BCUT2D eigenvalue weighted by Gasteiger charge is 2.56. The van der Waals surface area contributed by atoms with Crippen molar-refractivity contribution in [2.45, 2.75) is 24.5 Å². The van der Waals surface area contributed by atoms with Crippen LogP contribution in [-0.2, 0) is 0 Å². The Hall–Kier alpha value is 0.210. The van der Waals surface area contributed by atoms with Crippen LogP contribution in [0.3, 0.4) is 0 Å². The van der Waals surface area contributed by atoms with Crippen LogP contribution < -0.4 is 0 Å². The van der Waals surface area contributed by atoms with E-state index in [4.69, 9.17) is 0 Å². The molecule has 1 rings (SSSR count). The Balaban J connectivity index is 2.17. The number of rotatable bonds is 2. The zero-order valence-electron chi connectivity index (χ0n) is 4.66. The molecule has 1 aliphatic rings. The van der Waals surface area contributed by atoms with Gasteiger partial charge < -0.3 is 0 Å². The Kier molecular flexibility index (Phi) is 1.48. The van der Waals surface area contributed by atoms with Gasteiger partial charge in [0.05, 0.1) is 5.25 Å². The van der Waals surface area contributed by atoms with E-state index >= 15 is 0 Å². The molecule has 0 bridgehead atoms. The van der Waals surface area contributed by atoms with Crippen LogP contribution in [0.4, 0.5) is 8.78 Å². The minimum Gasteiger partial charge on any atom is -0.206 e. The Morgan fingerprint density at radius 3 is 2.38 bits per heavy atom. The molecule has 0 amide bonds. The van der Waals surface area contributed by atoms with Gasteiger partial charge in [0.1, 0.15) is 0 Å². The first-order valence-corrected chi connectivity index (χ1v) is 3.71. The first kappa shape index (κ1) is 6.33. The fourth-order valence-corrected chi connectivity index (χ4v) is 1.56. The molecule has 0 spiro atoms. The fraction of sp³-hybridized carbons (Fsp3) is 1.00. The van der Waals surface area contributed by atoms with Crippen LogP contribution in [0.2, 0.25) is 0 Å². The van der Waals surface area contributed by atoms with Crippen molar-refractivity contribution in [3.8, 4) is 0 Å². The highest BCUT2D eigenvalue weighted by Crippen LogP contribution is 2.49. The molecule has 1 unspecified atom stereocenters. The summed E-state index contributed by atoms with van der Waals surface area (Å²) in [5.41, 5.74) is 0. The van der Waals surface area contributed by atoms with Crippen molar-refractivity contribution >= 4 is 11.8 Å². The summed E-state index contributed by atoms with van der Waals surface area (Å²) in [6.07, 6.45) is 0.103. The van der Waals surface area contributed by atoms with Crippen LogP contribution in [0, 0.1) is 0 Å². The minimum atomic E-state index is -2.32. The summed E-state index contributed by atoms with van der Waals surface area (Å²) >= 11 is 1.35. The maximum atomic E-state index is 12.0. The quantitative estimate of drug-likeness (QED) is 0.563. The van der Waals surface area contributed by atoms with Crippen molar-refractivity contribution in [2.24, 2.45) is 0 Å². The molecule has 0 heterocycles. The Morgan fingerprint density at radius 1 is 1.75 bits per heavy atom. The van der Waals surface area contributed by atoms with Crippen molar-refractivity contribution in [1.82, 2.24) is 0 Å². The van der Waals surface area contributed by atoms with Gasteiger partial charge in [-0.25, -0.2) is 8.78 Å². The number of hydrogen-bond donors (Lipinski definition) is 0. The summed E-state index contributed by atoms with van der Waals surface area (Å²) in [5, 5.41) is -0.354. The molecular weight excluding hydrogens is 130 g/mol. The third kappa shape index (κ3) is 1.13. The van der Waals surface area contributed by atoms with Gasteiger partial charge in [0.2, 0.25) is 0 Å². The third-order valence-corrected chi connectivity index (χ3v) is 2.38. The molecule has 0 N–H and O–H groups in total. The summed E-state index contributed by atoms with van der Waals surface area (Å²) in [6, 6.07) is 0. The number of thioether (sulfide) groups is 1. The molecule has 0 nitrogen and oxygen atoms in total. The second-order valence-electron chi connectivity index (χ2n) is 1.91. The van der Waals surface area contributed by atoms with Crippen LogP contribution in [-0.4, -0.2) is 16.9 Å². The topological polar surface area (TPSA) is 0 Å². The average molecular weight is 138 g/mol. The third-order valence-electron chi connectivity index (χ3n) is 1.14. The van der Waals surface area contributed by atoms with Crippen LogP contribution in [0.5, 0.6) is 0 Å². The van der Waals surface area contributed by atoms with E-state index in [2.05, 4.69) is 0 Å². The molecule has 0 aromatic heterocycles. The lowest BCUT2D eigenvalue weighted by Gasteiger charge is -1.91. The first-order valence-electron chi connectivity index (χ1n) is 2.66. The number of halogens is 2. The lowest BCUT2D eigenvalue weighted by Crippen LogP contribution is -1.93. The molecular formula is C5H8F2S. The fourth-order valence-electron chi connectivity index (χ4n) is 0.570. The predicted molar refractivity (Wildman–Crippen MR) is 31.5 cm³/mol. The Bertz CT molecular complexity index is 92.4. The smallest absolute Gasteiger partial charge is 0.206 e. The van der Waals surface area contributed by atoms with Crippen molar-refractivity contribution in [3.63, 3.8) is 0 Å². The number of alkyl halides is 2. The normalized spacial score (nSPS) is 32.6. The van der Waals surface area contributed by atoms with Gasteiger partial charge in [-0.3, -0.25) is 0 Å². The molecule has 0 aliphatic heterocycles. The average Bonchev–Trinajstić information content (AvgIpc) is 2.15. The van der Waals surface area contributed by atoms with Gasteiger partial charge in [0.25, 0.3) is 5.92 Å². The Labute approximate surface area is 51.6 Å². The van der Waals surface area contributed by atoms with Crippen molar-refractivity contribution in [3.05, 3.63) is 0 Å². The maximum absolute atomic E-state index is 12.0. The molecule has 0 aromatic carbocycles. The van der Waals surface area contributed by atoms with Gasteiger partial charge in [0.15, 0.2) is 0 Å². The molecule has 8 heavy (non-hydrogen) atoms. The van der Waals surface area contributed by atoms with Gasteiger partial charge in [-0.05, 0) is 5.75 Å². The van der Waals surface area contributed by atoms with Gasteiger partial charge >= 0.3 is 0 Å². The van der Waals surface area contributed by atoms with Crippen LogP contribution in [0.1, 0.15) is 13.3 Å².